The molecule has 0 aliphatic heterocycles. The average Bonchev–Trinajstić information content (AvgIpc) is 2.76. The van der Waals surface area contributed by atoms with Crippen molar-refractivity contribution in [3.8, 4) is 0 Å². The quantitative estimate of drug-likeness (QED) is 0.773. The third kappa shape index (κ3) is 4.78. The molecule has 2 nitrogen and oxygen atoms in total. The lowest BCUT2D eigenvalue weighted by molar-refractivity contribution is 0.0380. The molecule has 1 aromatic heterocycles. The largest absolute Gasteiger partial charge is 0.377 e. The number of thiophene rings is 1. The molecular weight excluding hydrogens is 230 g/mol. The van der Waals surface area contributed by atoms with Crippen LogP contribution in [-0.4, -0.2) is 18.8 Å². The van der Waals surface area contributed by atoms with Gasteiger partial charge in [-0.25, -0.2) is 0 Å². The van der Waals surface area contributed by atoms with E-state index < -0.39 is 0 Å². The Labute approximate surface area is 109 Å². The zero-order valence-electron chi connectivity index (χ0n) is 11.2. The highest BCUT2D eigenvalue weighted by molar-refractivity contribution is 7.11. The summed E-state index contributed by atoms with van der Waals surface area (Å²) in [5, 5.41) is 0. The number of hydrogen-bond acceptors (Lipinski definition) is 3. The molecule has 0 bridgehead atoms. The predicted octanol–water partition coefficient (Wildman–Crippen LogP) is 3.39. The standard InChI is InChI=1S/C14H25NOS/c1-4-7-14(16-6-3)13(15)10-12-9-8-11(5-2)17-12/h8-9,13-14H,4-7,10,15H2,1-3H3. The van der Waals surface area contributed by atoms with Gasteiger partial charge in [-0.15, -0.1) is 11.3 Å². The van der Waals surface area contributed by atoms with Gasteiger partial charge in [0.15, 0.2) is 0 Å². The topological polar surface area (TPSA) is 35.2 Å². The fraction of sp³-hybridized carbons (Fsp3) is 0.714. The Balaban J connectivity index is 2.52. The minimum Gasteiger partial charge on any atom is -0.377 e. The van der Waals surface area contributed by atoms with Gasteiger partial charge in [-0.3, -0.25) is 0 Å². The van der Waals surface area contributed by atoms with E-state index in [1.807, 2.05) is 18.3 Å². The summed E-state index contributed by atoms with van der Waals surface area (Å²) in [4.78, 5) is 2.82. The number of ether oxygens (including phenoxy) is 1. The van der Waals surface area contributed by atoms with Crippen LogP contribution in [0.25, 0.3) is 0 Å². The lowest BCUT2D eigenvalue weighted by atomic mass is 10.0. The molecule has 3 heteroatoms. The molecule has 1 heterocycles. The second kappa shape index (κ2) is 7.85. The second-order valence-corrected chi connectivity index (χ2v) is 5.62. The molecule has 0 aliphatic rings. The van der Waals surface area contributed by atoms with E-state index >= 15 is 0 Å². The van der Waals surface area contributed by atoms with Gasteiger partial charge >= 0.3 is 0 Å². The summed E-state index contributed by atoms with van der Waals surface area (Å²) in [5.74, 6) is 0. The Kier molecular flexibility index (Phi) is 6.78. The van der Waals surface area contributed by atoms with Crippen LogP contribution in [0.1, 0.15) is 43.4 Å². The first-order valence-corrected chi connectivity index (χ1v) is 7.47. The molecule has 0 saturated heterocycles. The molecule has 0 aliphatic carbocycles. The van der Waals surface area contributed by atoms with Gasteiger partial charge in [0.2, 0.25) is 0 Å². The van der Waals surface area contributed by atoms with Gasteiger partial charge in [-0.2, -0.15) is 0 Å². The molecule has 0 radical (unpaired) electrons. The smallest absolute Gasteiger partial charge is 0.0729 e. The lowest BCUT2D eigenvalue weighted by Gasteiger charge is -2.23. The summed E-state index contributed by atoms with van der Waals surface area (Å²) in [6.45, 7) is 7.16. The Morgan fingerprint density at radius 3 is 2.47 bits per heavy atom. The van der Waals surface area contributed by atoms with E-state index in [0.717, 1.165) is 32.3 Å². The summed E-state index contributed by atoms with van der Waals surface area (Å²) in [6, 6.07) is 4.54. The predicted molar refractivity (Wildman–Crippen MR) is 75.7 cm³/mol. The summed E-state index contributed by atoms with van der Waals surface area (Å²) in [6.07, 6.45) is 4.44. The molecule has 0 aromatic carbocycles. The number of nitrogens with two attached hydrogens (primary N) is 1. The molecule has 2 unspecified atom stereocenters. The maximum Gasteiger partial charge on any atom is 0.0729 e. The van der Waals surface area contributed by atoms with E-state index in [0.29, 0.717) is 0 Å². The Bertz CT molecular complexity index is 305. The minimum atomic E-state index is 0.123. The first kappa shape index (κ1) is 14.7. The second-order valence-electron chi connectivity index (χ2n) is 4.37. The molecule has 0 fully saturated rings. The van der Waals surface area contributed by atoms with Gasteiger partial charge in [0, 0.05) is 22.4 Å². The van der Waals surface area contributed by atoms with Crippen LogP contribution in [0.4, 0.5) is 0 Å². The van der Waals surface area contributed by atoms with Crippen LogP contribution in [0.15, 0.2) is 12.1 Å². The Hall–Kier alpha value is -0.380. The van der Waals surface area contributed by atoms with E-state index in [1.54, 1.807) is 0 Å². The SMILES string of the molecule is CCCC(OCC)C(N)Cc1ccc(CC)s1. The Morgan fingerprint density at radius 2 is 1.94 bits per heavy atom. The highest BCUT2D eigenvalue weighted by Crippen LogP contribution is 2.20. The summed E-state index contributed by atoms with van der Waals surface area (Å²) in [5.41, 5.74) is 6.25. The van der Waals surface area contributed by atoms with Crippen molar-refractivity contribution in [3.05, 3.63) is 21.9 Å². The van der Waals surface area contributed by atoms with Crippen LogP contribution in [-0.2, 0) is 17.6 Å². The average molecular weight is 255 g/mol. The molecule has 1 aromatic rings. The van der Waals surface area contributed by atoms with Crippen LogP contribution in [0, 0.1) is 0 Å². The zero-order valence-corrected chi connectivity index (χ0v) is 12.1. The van der Waals surface area contributed by atoms with Crippen molar-refractivity contribution in [1.29, 1.82) is 0 Å². The number of rotatable bonds is 8. The van der Waals surface area contributed by atoms with Gasteiger partial charge < -0.3 is 10.5 Å². The Morgan fingerprint density at radius 1 is 1.24 bits per heavy atom. The normalized spacial score (nSPS) is 14.8. The maximum absolute atomic E-state index is 6.25. The third-order valence-electron chi connectivity index (χ3n) is 2.93. The van der Waals surface area contributed by atoms with E-state index in [2.05, 4.69) is 26.0 Å². The fourth-order valence-electron chi connectivity index (χ4n) is 2.01. The van der Waals surface area contributed by atoms with E-state index in [1.165, 1.54) is 9.75 Å². The molecule has 98 valence electrons. The molecule has 2 N–H and O–H groups in total. The van der Waals surface area contributed by atoms with Gasteiger partial charge in [-0.1, -0.05) is 20.3 Å². The van der Waals surface area contributed by atoms with Crippen LogP contribution >= 0.6 is 11.3 Å². The van der Waals surface area contributed by atoms with Gasteiger partial charge in [-0.05, 0) is 38.3 Å². The molecule has 1 rings (SSSR count). The third-order valence-corrected chi connectivity index (χ3v) is 4.19. The summed E-state index contributed by atoms with van der Waals surface area (Å²) < 4.78 is 5.73. The lowest BCUT2D eigenvalue weighted by Crippen LogP contribution is -2.38. The van der Waals surface area contributed by atoms with Gasteiger partial charge in [0.1, 0.15) is 0 Å². The molecule has 0 amide bonds. The van der Waals surface area contributed by atoms with Crippen LogP contribution in [0.2, 0.25) is 0 Å². The molecular formula is C14H25NOS. The summed E-state index contributed by atoms with van der Waals surface area (Å²) in [7, 11) is 0. The van der Waals surface area contributed by atoms with E-state index in [4.69, 9.17) is 10.5 Å². The number of aryl methyl sites for hydroxylation is 1. The van der Waals surface area contributed by atoms with E-state index in [9.17, 15) is 0 Å². The summed E-state index contributed by atoms with van der Waals surface area (Å²) >= 11 is 1.88. The van der Waals surface area contributed by atoms with Gasteiger partial charge in [0.25, 0.3) is 0 Å². The van der Waals surface area contributed by atoms with Crippen LogP contribution in [0.5, 0.6) is 0 Å². The van der Waals surface area contributed by atoms with Crippen LogP contribution < -0.4 is 5.73 Å². The van der Waals surface area contributed by atoms with E-state index in [-0.39, 0.29) is 12.1 Å². The maximum atomic E-state index is 6.25. The van der Waals surface area contributed by atoms with Crippen molar-refractivity contribution in [2.24, 2.45) is 5.73 Å². The van der Waals surface area contributed by atoms with Crippen molar-refractivity contribution < 1.29 is 4.74 Å². The molecule has 0 saturated carbocycles. The van der Waals surface area contributed by atoms with Crippen molar-refractivity contribution in [3.63, 3.8) is 0 Å². The van der Waals surface area contributed by atoms with Crippen molar-refractivity contribution >= 4 is 11.3 Å². The zero-order chi connectivity index (χ0) is 12.7. The number of hydrogen-bond donors (Lipinski definition) is 1. The monoisotopic (exact) mass is 255 g/mol. The van der Waals surface area contributed by atoms with Crippen molar-refractivity contribution in [1.82, 2.24) is 0 Å². The first-order valence-electron chi connectivity index (χ1n) is 6.65. The van der Waals surface area contributed by atoms with Gasteiger partial charge in [0.05, 0.1) is 6.10 Å². The highest BCUT2D eigenvalue weighted by atomic mass is 32.1. The first-order chi connectivity index (χ1) is 8.21. The fourth-order valence-corrected chi connectivity index (χ4v) is 3.03. The molecule has 2 atom stereocenters. The molecule has 0 spiro atoms. The van der Waals surface area contributed by atoms with Crippen molar-refractivity contribution in [2.45, 2.75) is 58.6 Å². The molecule has 17 heavy (non-hydrogen) atoms. The highest BCUT2D eigenvalue weighted by Gasteiger charge is 2.18. The minimum absolute atomic E-state index is 0.123. The van der Waals surface area contributed by atoms with Crippen molar-refractivity contribution in [2.75, 3.05) is 6.61 Å². The van der Waals surface area contributed by atoms with Crippen LogP contribution in [0.3, 0.4) is 0 Å².